The average molecular weight is 345 g/mol. The first-order valence-corrected chi connectivity index (χ1v) is 9.25. The summed E-state index contributed by atoms with van der Waals surface area (Å²) < 4.78 is 32.3. The van der Waals surface area contributed by atoms with Crippen molar-refractivity contribution in [3.8, 4) is 5.75 Å². The van der Waals surface area contributed by atoms with Gasteiger partial charge in [0.25, 0.3) is 0 Å². The third-order valence-electron chi connectivity index (χ3n) is 4.02. The fourth-order valence-corrected chi connectivity index (χ4v) is 3.40. The van der Waals surface area contributed by atoms with Crippen LogP contribution in [0, 0.1) is 5.92 Å². The topological polar surface area (TPSA) is 72.5 Å². The maximum absolute atomic E-state index is 12.3. The highest BCUT2D eigenvalue weighted by Gasteiger charge is 2.30. The normalized spacial score (nSPS) is 14.4. The summed E-state index contributed by atoms with van der Waals surface area (Å²) in [5, 5.41) is 0. The molecule has 1 saturated carbocycles. The number of carbonyl (C=O) groups is 1. The number of hydrogen-bond acceptors (Lipinski definition) is 4. The van der Waals surface area contributed by atoms with Crippen LogP contribution in [0.2, 0.25) is 0 Å². The van der Waals surface area contributed by atoms with Crippen LogP contribution in [0.5, 0.6) is 5.75 Å². The maximum atomic E-state index is 12.3. The fraction of sp³-hybridized carbons (Fsp3) is 0.278. The van der Waals surface area contributed by atoms with Crippen LogP contribution in [0.15, 0.2) is 53.4 Å². The van der Waals surface area contributed by atoms with Crippen LogP contribution in [0.3, 0.4) is 0 Å². The van der Waals surface area contributed by atoms with Crippen molar-refractivity contribution in [2.24, 2.45) is 5.92 Å². The molecule has 1 aliphatic carbocycles. The highest BCUT2D eigenvalue weighted by Crippen LogP contribution is 2.32. The number of Topliss-reactive ketones (excluding diaryl/α,β-unsaturated/α-hetero) is 1. The minimum absolute atomic E-state index is 0.102. The second-order valence-electron chi connectivity index (χ2n) is 5.84. The molecule has 0 saturated heterocycles. The van der Waals surface area contributed by atoms with E-state index in [9.17, 15) is 13.2 Å². The number of nitrogens with one attached hydrogen (secondary N) is 1. The molecule has 24 heavy (non-hydrogen) atoms. The summed E-state index contributed by atoms with van der Waals surface area (Å²) in [7, 11) is -2.04. The molecule has 0 aliphatic heterocycles. The molecule has 126 valence electrons. The number of hydrogen-bond donors (Lipinski definition) is 1. The number of benzene rings is 2. The number of methoxy groups -OCH3 is 1. The van der Waals surface area contributed by atoms with Gasteiger partial charge in [0.15, 0.2) is 5.78 Å². The van der Waals surface area contributed by atoms with Crippen molar-refractivity contribution >= 4 is 15.8 Å². The molecule has 2 aromatic carbocycles. The highest BCUT2D eigenvalue weighted by molar-refractivity contribution is 7.89. The molecule has 0 unspecified atom stereocenters. The number of sulfonamides is 1. The van der Waals surface area contributed by atoms with E-state index < -0.39 is 10.0 Å². The van der Waals surface area contributed by atoms with Gasteiger partial charge in [-0.1, -0.05) is 24.3 Å². The largest absolute Gasteiger partial charge is 0.497 e. The Morgan fingerprint density at radius 3 is 2.25 bits per heavy atom. The van der Waals surface area contributed by atoms with Crippen LogP contribution in [0.4, 0.5) is 0 Å². The standard InChI is InChI=1S/C18H19NO4S/c1-23-16-8-2-13(3-9-16)12-19-24(21,22)17-10-6-15(7-11-17)18(20)14-4-5-14/h2-3,6-11,14,19H,4-5,12H2,1H3. The van der Waals surface area contributed by atoms with Crippen LogP contribution < -0.4 is 9.46 Å². The van der Waals surface area contributed by atoms with Crippen molar-refractivity contribution in [3.63, 3.8) is 0 Å². The Morgan fingerprint density at radius 2 is 1.71 bits per heavy atom. The molecular formula is C18H19NO4S. The minimum Gasteiger partial charge on any atom is -0.497 e. The Labute approximate surface area is 141 Å². The van der Waals surface area contributed by atoms with Crippen molar-refractivity contribution < 1.29 is 17.9 Å². The molecular weight excluding hydrogens is 326 g/mol. The number of ether oxygens (including phenoxy) is 1. The van der Waals surface area contributed by atoms with E-state index in [0.29, 0.717) is 5.56 Å². The van der Waals surface area contributed by atoms with Crippen LogP contribution in [0.1, 0.15) is 28.8 Å². The lowest BCUT2D eigenvalue weighted by Crippen LogP contribution is -2.23. The van der Waals surface area contributed by atoms with Gasteiger partial charge < -0.3 is 4.74 Å². The molecule has 1 N–H and O–H groups in total. The lowest BCUT2D eigenvalue weighted by Gasteiger charge is -2.08. The summed E-state index contributed by atoms with van der Waals surface area (Å²) in [5.41, 5.74) is 1.41. The quantitative estimate of drug-likeness (QED) is 0.783. The second kappa shape index (κ2) is 6.75. The van der Waals surface area contributed by atoms with Gasteiger partial charge in [0.1, 0.15) is 5.75 Å². The minimum atomic E-state index is -3.61. The van der Waals surface area contributed by atoms with E-state index in [4.69, 9.17) is 4.74 Å². The summed E-state index contributed by atoms with van der Waals surface area (Å²) in [6.07, 6.45) is 1.87. The van der Waals surface area contributed by atoms with E-state index in [1.165, 1.54) is 12.1 Å². The molecule has 2 aromatic rings. The molecule has 0 amide bonds. The molecule has 3 rings (SSSR count). The van der Waals surface area contributed by atoms with Crippen LogP contribution in [-0.2, 0) is 16.6 Å². The maximum Gasteiger partial charge on any atom is 0.240 e. The van der Waals surface area contributed by atoms with Crippen molar-refractivity contribution in [2.75, 3.05) is 7.11 Å². The zero-order chi connectivity index (χ0) is 17.2. The van der Waals surface area contributed by atoms with Crippen molar-refractivity contribution in [2.45, 2.75) is 24.3 Å². The molecule has 5 nitrogen and oxygen atoms in total. The van der Waals surface area contributed by atoms with E-state index in [1.54, 1.807) is 43.5 Å². The fourth-order valence-electron chi connectivity index (χ4n) is 2.38. The molecule has 1 aliphatic rings. The summed E-state index contributed by atoms with van der Waals surface area (Å²) in [5.74, 6) is 0.948. The molecule has 0 bridgehead atoms. The van der Waals surface area contributed by atoms with Gasteiger partial charge in [-0.3, -0.25) is 4.79 Å². The van der Waals surface area contributed by atoms with Crippen LogP contribution >= 0.6 is 0 Å². The summed E-state index contributed by atoms with van der Waals surface area (Å²) >= 11 is 0. The van der Waals surface area contributed by atoms with Gasteiger partial charge in [0.05, 0.1) is 12.0 Å². The van der Waals surface area contributed by atoms with E-state index >= 15 is 0 Å². The molecule has 6 heteroatoms. The van der Waals surface area contributed by atoms with Crippen molar-refractivity contribution in [1.82, 2.24) is 4.72 Å². The SMILES string of the molecule is COc1ccc(CNS(=O)(=O)c2ccc(C(=O)C3CC3)cc2)cc1. The summed E-state index contributed by atoms with van der Waals surface area (Å²) in [4.78, 5) is 12.1. The van der Waals surface area contributed by atoms with Gasteiger partial charge in [-0.15, -0.1) is 0 Å². The summed E-state index contributed by atoms with van der Waals surface area (Å²) in [6.45, 7) is 0.190. The van der Waals surface area contributed by atoms with Crippen LogP contribution in [-0.4, -0.2) is 21.3 Å². The Balaban J connectivity index is 1.66. The smallest absolute Gasteiger partial charge is 0.240 e. The van der Waals surface area contributed by atoms with E-state index in [-0.39, 0.29) is 23.1 Å². The van der Waals surface area contributed by atoms with Gasteiger partial charge >= 0.3 is 0 Å². The lowest BCUT2D eigenvalue weighted by molar-refractivity contribution is 0.0967. The molecule has 0 aromatic heterocycles. The van der Waals surface area contributed by atoms with Crippen molar-refractivity contribution in [3.05, 3.63) is 59.7 Å². The lowest BCUT2D eigenvalue weighted by atomic mass is 10.1. The zero-order valence-electron chi connectivity index (χ0n) is 13.4. The highest BCUT2D eigenvalue weighted by atomic mass is 32.2. The predicted octanol–water partition coefficient (Wildman–Crippen LogP) is 2.77. The molecule has 0 atom stereocenters. The first kappa shape index (κ1) is 16.7. The third kappa shape index (κ3) is 3.83. The van der Waals surface area contributed by atoms with Gasteiger partial charge in [0, 0.05) is 18.0 Å². The molecule has 1 fully saturated rings. The van der Waals surface area contributed by atoms with Crippen LogP contribution in [0.25, 0.3) is 0 Å². The molecule has 0 radical (unpaired) electrons. The van der Waals surface area contributed by atoms with Gasteiger partial charge in [-0.05, 0) is 42.7 Å². The second-order valence-corrected chi connectivity index (χ2v) is 7.60. The Bertz CT molecular complexity index is 822. The Morgan fingerprint density at radius 1 is 1.08 bits per heavy atom. The first-order chi connectivity index (χ1) is 11.5. The number of rotatable bonds is 7. The van der Waals surface area contributed by atoms with E-state index in [1.807, 2.05) is 0 Å². The molecule has 0 spiro atoms. The monoisotopic (exact) mass is 345 g/mol. The third-order valence-corrected chi connectivity index (χ3v) is 5.44. The zero-order valence-corrected chi connectivity index (χ0v) is 14.2. The Hall–Kier alpha value is -2.18. The van der Waals surface area contributed by atoms with E-state index in [2.05, 4.69) is 4.72 Å². The van der Waals surface area contributed by atoms with Crippen molar-refractivity contribution in [1.29, 1.82) is 0 Å². The van der Waals surface area contributed by atoms with Gasteiger partial charge in [-0.2, -0.15) is 0 Å². The number of ketones is 1. The Kier molecular flexibility index (Phi) is 4.69. The summed E-state index contributed by atoms with van der Waals surface area (Å²) in [6, 6.07) is 13.3. The van der Waals surface area contributed by atoms with E-state index in [0.717, 1.165) is 24.2 Å². The van der Waals surface area contributed by atoms with Gasteiger partial charge in [0.2, 0.25) is 10.0 Å². The van der Waals surface area contributed by atoms with Gasteiger partial charge in [-0.25, -0.2) is 13.1 Å². The first-order valence-electron chi connectivity index (χ1n) is 7.76. The number of carbonyl (C=O) groups excluding carboxylic acids is 1. The molecule has 0 heterocycles. The average Bonchev–Trinajstić information content (AvgIpc) is 3.45. The predicted molar refractivity (Wildman–Crippen MR) is 90.5 cm³/mol.